The quantitative estimate of drug-likeness (QED) is 0.586. The van der Waals surface area contributed by atoms with Gasteiger partial charge in [0.05, 0.1) is 29.6 Å². The van der Waals surface area contributed by atoms with E-state index in [1.165, 1.54) is 18.5 Å². The van der Waals surface area contributed by atoms with Gasteiger partial charge in [-0.1, -0.05) is 0 Å². The van der Waals surface area contributed by atoms with Crippen molar-refractivity contribution in [1.82, 2.24) is 9.97 Å². The zero-order chi connectivity index (χ0) is 21.7. The first-order chi connectivity index (χ1) is 14.2. The number of ether oxygens (including phenoxy) is 1. The smallest absolute Gasteiger partial charge is 0.416 e. The van der Waals surface area contributed by atoms with Crippen molar-refractivity contribution < 1.29 is 27.1 Å². The third kappa shape index (κ3) is 5.41. The van der Waals surface area contributed by atoms with Crippen LogP contribution in [0.15, 0.2) is 54.9 Å². The van der Waals surface area contributed by atoms with E-state index in [1.807, 2.05) is 0 Å². The number of nitrogens with zero attached hydrogens (tertiary/aromatic N) is 3. The molecule has 3 aromatic rings. The van der Waals surface area contributed by atoms with Gasteiger partial charge in [0.2, 0.25) is 5.95 Å². The van der Waals surface area contributed by atoms with Crippen LogP contribution in [-0.4, -0.2) is 16.0 Å². The normalized spacial score (nSPS) is 10.8. The highest BCUT2D eigenvalue weighted by atomic mass is 19.4. The summed E-state index contributed by atoms with van der Waals surface area (Å²) < 4.78 is 56.4. The molecule has 0 bridgehead atoms. The molecule has 0 aliphatic heterocycles. The molecule has 0 saturated carbocycles. The molecule has 1 heterocycles. The summed E-state index contributed by atoms with van der Waals surface area (Å²) in [6.07, 6.45) is -2.04. The first-order valence-corrected chi connectivity index (χ1v) is 8.19. The molecule has 30 heavy (non-hydrogen) atoms. The lowest BCUT2D eigenvalue weighted by atomic mass is 10.2. The van der Waals surface area contributed by atoms with E-state index in [0.29, 0.717) is 0 Å². The van der Waals surface area contributed by atoms with Crippen LogP contribution in [0.3, 0.4) is 0 Å². The van der Waals surface area contributed by atoms with Crippen molar-refractivity contribution in [2.75, 3.05) is 10.6 Å². The maximum Gasteiger partial charge on any atom is 0.416 e. The van der Waals surface area contributed by atoms with Gasteiger partial charge in [0.15, 0.2) is 5.75 Å². The molecule has 2 N–H and O–H groups in total. The molecule has 0 spiro atoms. The minimum atomic E-state index is -4.45. The second-order valence-corrected chi connectivity index (χ2v) is 5.79. The second kappa shape index (κ2) is 8.44. The number of anilines is 2. The van der Waals surface area contributed by atoms with E-state index in [0.717, 1.165) is 36.4 Å². The lowest BCUT2D eigenvalue weighted by molar-refractivity contribution is -0.137. The number of alkyl halides is 3. The minimum absolute atomic E-state index is 0.0336. The molecule has 1 aromatic heterocycles. The molecule has 0 aliphatic carbocycles. The highest BCUT2D eigenvalue weighted by Gasteiger charge is 2.30. The number of aromatic nitrogens is 2. The fourth-order valence-electron chi connectivity index (χ4n) is 2.27. The van der Waals surface area contributed by atoms with E-state index < -0.39 is 23.6 Å². The van der Waals surface area contributed by atoms with Crippen LogP contribution in [0.4, 0.5) is 34.0 Å². The number of carbonyl (C=O) groups excluding carboxylic acids is 1. The Balaban J connectivity index is 1.60. The van der Waals surface area contributed by atoms with Crippen molar-refractivity contribution in [3.05, 3.63) is 71.8 Å². The molecule has 7 nitrogen and oxygen atoms in total. The fourth-order valence-corrected chi connectivity index (χ4v) is 2.27. The van der Waals surface area contributed by atoms with Crippen molar-refractivity contribution in [2.24, 2.45) is 0 Å². The maximum absolute atomic E-state index is 13.4. The highest BCUT2D eigenvalue weighted by molar-refractivity contribution is 5.98. The number of urea groups is 1. The molecule has 3 rings (SSSR count). The molecule has 2 aromatic carbocycles. The maximum atomic E-state index is 13.4. The molecule has 0 radical (unpaired) electrons. The first kappa shape index (κ1) is 20.5. The average Bonchev–Trinajstić information content (AvgIpc) is 2.68. The van der Waals surface area contributed by atoms with Crippen LogP contribution in [0.2, 0.25) is 0 Å². The van der Waals surface area contributed by atoms with Gasteiger partial charge in [-0.3, -0.25) is 5.32 Å². The van der Waals surface area contributed by atoms with Crippen LogP contribution in [-0.2, 0) is 6.18 Å². The Morgan fingerprint density at radius 2 is 1.67 bits per heavy atom. The minimum Gasteiger partial charge on any atom is -0.454 e. The summed E-state index contributed by atoms with van der Waals surface area (Å²) in [5.41, 5.74) is -0.713. The topological polar surface area (TPSA) is 99.9 Å². The molecule has 0 unspecified atom stereocenters. The molecule has 0 atom stereocenters. The van der Waals surface area contributed by atoms with Crippen molar-refractivity contribution in [3.63, 3.8) is 0 Å². The number of nitriles is 1. The van der Waals surface area contributed by atoms with Gasteiger partial charge < -0.3 is 10.1 Å². The summed E-state index contributed by atoms with van der Waals surface area (Å²) in [5.74, 6) is -0.525. The Labute approximate surface area is 167 Å². The third-order valence-corrected chi connectivity index (χ3v) is 3.56. The molecule has 0 saturated heterocycles. The summed E-state index contributed by atoms with van der Waals surface area (Å²) >= 11 is 0. The summed E-state index contributed by atoms with van der Waals surface area (Å²) in [5, 5.41) is 13.4. The number of halogens is 4. The Kier molecular flexibility index (Phi) is 5.78. The van der Waals surface area contributed by atoms with Crippen molar-refractivity contribution in [2.45, 2.75) is 6.18 Å². The van der Waals surface area contributed by atoms with Gasteiger partial charge in [0, 0.05) is 5.69 Å². The fraction of sp³-hybridized carbons (Fsp3) is 0.0526. The zero-order valence-electron chi connectivity index (χ0n) is 14.9. The van der Waals surface area contributed by atoms with Gasteiger partial charge in [-0.05, 0) is 42.5 Å². The Hall–Kier alpha value is -4.20. The van der Waals surface area contributed by atoms with Crippen LogP contribution >= 0.6 is 0 Å². The van der Waals surface area contributed by atoms with E-state index in [1.54, 1.807) is 6.07 Å². The lowest BCUT2D eigenvalue weighted by Crippen LogP contribution is -2.21. The van der Waals surface area contributed by atoms with Gasteiger partial charge in [0.1, 0.15) is 11.6 Å². The van der Waals surface area contributed by atoms with Crippen LogP contribution in [0, 0.1) is 17.1 Å². The van der Waals surface area contributed by atoms with Crippen molar-refractivity contribution >= 4 is 17.7 Å². The Morgan fingerprint density at radius 1 is 1.00 bits per heavy atom. The summed E-state index contributed by atoms with van der Waals surface area (Å²) in [4.78, 5) is 19.7. The van der Waals surface area contributed by atoms with Crippen LogP contribution in [0.5, 0.6) is 11.5 Å². The number of amides is 2. The number of nitrogens with one attached hydrogen (secondary N) is 2. The molecule has 152 valence electrons. The van der Waals surface area contributed by atoms with Gasteiger partial charge in [-0.2, -0.15) is 18.4 Å². The SMILES string of the molecule is N#Cc1cc(F)cc(NC(=O)Nc2ncc(Oc3ccc(C(F)(F)F)cc3)cn2)c1. The van der Waals surface area contributed by atoms with Gasteiger partial charge in [0.25, 0.3) is 0 Å². The monoisotopic (exact) mass is 417 g/mol. The number of carbonyl (C=O) groups is 1. The highest BCUT2D eigenvalue weighted by Crippen LogP contribution is 2.31. The molecular weight excluding hydrogens is 406 g/mol. The second-order valence-electron chi connectivity index (χ2n) is 5.79. The van der Waals surface area contributed by atoms with Gasteiger partial charge in [-0.15, -0.1) is 0 Å². The molecular formula is C19H11F4N5O2. The zero-order valence-corrected chi connectivity index (χ0v) is 14.9. The lowest BCUT2D eigenvalue weighted by Gasteiger charge is -2.09. The van der Waals surface area contributed by atoms with Gasteiger partial charge >= 0.3 is 12.2 Å². The predicted octanol–water partition coefficient (Wildman–Crippen LogP) is 4.94. The number of rotatable bonds is 4. The number of benzene rings is 2. The summed E-state index contributed by atoms with van der Waals surface area (Å²) in [7, 11) is 0. The molecule has 2 amide bonds. The molecule has 0 fully saturated rings. The third-order valence-electron chi connectivity index (χ3n) is 3.56. The molecule has 11 heteroatoms. The number of hydrogen-bond acceptors (Lipinski definition) is 5. The van der Waals surface area contributed by atoms with Crippen molar-refractivity contribution in [3.8, 4) is 17.6 Å². The number of hydrogen-bond donors (Lipinski definition) is 2. The van der Waals surface area contributed by atoms with Crippen LogP contribution in [0.25, 0.3) is 0 Å². The Morgan fingerprint density at radius 3 is 2.27 bits per heavy atom. The average molecular weight is 417 g/mol. The van der Waals surface area contributed by atoms with E-state index >= 15 is 0 Å². The summed E-state index contributed by atoms with van der Waals surface area (Å²) in [6.45, 7) is 0. The largest absolute Gasteiger partial charge is 0.454 e. The standard InChI is InChI=1S/C19H11F4N5O2/c20-13-5-11(8-24)6-14(7-13)27-18(29)28-17-25-9-16(10-26-17)30-15-3-1-12(2-4-15)19(21,22)23/h1-7,9-10H,(H2,25,26,27,28,29). The van der Waals surface area contributed by atoms with Crippen LogP contribution in [0.1, 0.15) is 11.1 Å². The van der Waals surface area contributed by atoms with E-state index in [9.17, 15) is 22.4 Å². The summed E-state index contributed by atoms with van der Waals surface area (Å²) in [6, 6.07) is 8.36. The Bertz CT molecular complexity index is 1090. The molecule has 0 aliphatic rings. The predicted molar refractivity (Wildman–Crippen MR) is 97.3 cm³/mol. The van der Waals surface area contributed by atoms with E-state index in [-0.39, 0.29) is 28.7 Å². The van der Waals surface area contributed by atoms with Crippen molar-refractivity contribution in [1.29, 1.82) is 5.26 Å². The van der Waals surface area contributed by atoms with Gasteiger partial charge in [-0.25, -0.2) is 19.2 Å². The van der Waals surface area contributed by atoms with Crippen LogP contribution < -0.4 is 15.4 Å². The van der Waals surface area contributed by atoms with E-state index in [4.69, 9.17) is 10.00 Å². The van der Waals surface area contributed by atoms with E-state index in [2.05, 4.69) is 20.6 Å². The first-order valence-electron chi connectivity index (χ1n) is 8.19.